The molecule has 0 radical (unpaired) electrons. The van der Waals surface area contributed by atoms with Crippen LogP contribution in [0.15, 0.2) is 24.3 Å². The second kappa shape index (κ2) is 3.43. The molecule has 0 unspecified atom stereocenters. The van der Waals surface area contributed by atoms with Crippen LogP contribution in [0.5, 0.6) is 0 Å². The second-order valence-electron chi connectivity index (χ2n) is 3.86. The van der Waals surface area contributed by atoms with Gasteiger partial charge in [-0.1, -0.05) is 24.3 Å². The molecule has 0 bridgehead atoms. The summed E-state index contributed by atoms with van der Waals surface area (Å²) >= 11 is 0. The number of benzene rings is 1. The number of fused-ring (bicyclic) bond motifs is 1. The molecular weight excluding hydrogens is 174 g/mol. The Morgan fingerprint density at radius 3 is 2.93 bits per heavy atom. The Balaban J connectivity index is 2.55. The molecule has 14 heavy (non-hydrogen) atoms. The molecule has 0 spiro atoms. The van der Waals surface area contributed by atoms with E-state index in [0.29, 0.717) is 0 Å². The summed E-state index contributed by atoms with van der Waals surface area (Å²) in [5, 5.41) is 18.5. The number of aliphatic hydroxyl groups is 1. The van der Waals surface area contributed by atoms with Crippen LogP contribution in [0.3, 0.4) is 0 Å². The minimum absolute atomic E-state index is 0.0689. The zero-order valence-corrected chi connectivity index (χ0v) is 8.03. The topological polar surface area (TPSA) is 44.0 Å². The fourth-order valence-electron chi connectivity index (χ4n) is 2.24. The number of nitrogens with zero attached hydrogens (tertiary/aromatic N) is 1. The van der Waals surface area contributed by atoms with Gasteiger partial charge in [-0.15, -0.1) is 0 Å². The predicted molar refractivity (Wildman–Crippen MR) is 53.8 cm³/mol. The van der Waals surface area contributed by atoms with Gasteiger partial charge >= 0.3 is 0 Å². The first-order valence-corrected chi connectivity index (χ1v) is 4.93. The Morgan fingerprint density at radius 2 is 2.21 bits per heavy atom. The summed E-state index contributed by atoms with van der Waals surface area (Å²) in [6.07, 6.45) is 2.79. The molecule has 2 nitrogen and oxygen atoms in total. The maximum Gasteiger partial charge on any atom is 0.105 e. The normalized spacial score (nSPS) is 25.1. The van der Waals surface area contributed by atoms with E-state index in [4.69, 9.17) is 0 Å². The lowest BCUT2D eigenvalue weighted by Gasteiger charge is -2.31. The second-order valence-corrected chi connectivity index (χ2v) is 3.86. The van der Waals surface area contributed by atoms with Crippen LogP contribution in [0.1, 0.15) is 24.0 Å². The molecule has 0 saturated carbocycles. The number of hydrogen-bond acceptors (Lipinski definition) is 2. The first-order valence-electron chi connectivity index (χ1n) is 4.93. The van der Waals surface area contributed by atoms with Crippen molar-refractivity contribution >= 4 is 0 Å². The Kier molecular flexibility index (Phi) is 2.26. The van der Waals surface area contributed by atoms with Crippen LogP contribution in [-0.2, 0) is 11.8 Å². The highest BCUT2D eigenvalue weighted by atomic mass is 16.3. The number of aliphatic hydroxyl groups excluding tert-OH is 1. The van der Waals surface area contributed by atoms with Gasteiger partial charge in [0.05, 0.1) is 12.7 Å². The largest absolute Gasteiger partial charge is 0.394 e. The van der Waals surface area contributed by atoms with E-state index in [9.17, 15) is 10.4 Å². The smallest absolute Gasteiger partial charge is 0.105 e. The van der Waals surface area contributed by atoms with Crippen LogP contribution in [0.25, 0.3) is 0 Å². The average molecular weight is 187 g/mol. The molecular formula is C12H13NO. The molecule has 0 fully saturated rings. The van der Waals surface area contributed by atoms with Gasteiger partial charge in [0, 0.05) is 0 Å². The molecule has 1 atom stereocenters. The van der Waals surface area contributed by atoms with Crippen molar-refractivity contribution in [3.8, 4) is 6.07 Å². The van der Waals surface area contributed by atoms with E-state index in [1.807, 2.05) is 18.2 Å². The van der Waals surface area contributed by atoms with Crippen molar-refractivity contribution in [2.75, 3.05) is 6.61 Å². The zero-order valence-electron chi connectivity index (χ0n) is 8.03. The van der Waals surface area contributed by atoms with Crippen LogP contribution in [0.4, 0.5) is 0 Å². The van der Waals surface area contributed by atoms with Gasteiger partial charge in [-0.05, 0) is 30.4 Å². The molecule has 1 N–H and O–H groups in total. The van der Waals surface area contributed by atoms with Gasteiger partial charge in [0.1, 0.15) is 5.41 Å². The zero-order chi connectivity index (χ0) is 10.0. The molecule has 1 aromatic carbocycles. The molecule has 0 heterocycles. The lowest BCUT2D eigenvalue weighted by molar-refractivity contribution is 0.213. The summed E-state index contributed by atoms with van der Waals surface area (Å²) in [5.41, 5.74) is 1.60. The van der Waals surface area contributed by atoms with Crippen LogP contribution in [0.2, 0.25) is 0 Å². The SMILES string of the molecule is N#C[C@]1(CO)CCCc2ccccc21. The maximum atomic E-state index is 9.37. The van der Waals surface area contributed by atoms with Gasteiger partial charge in [-0.2, -0.15) is 5.26 Å². The summed E-state index contributed by atoms with van der Waals surface area (Å²) in [6, 6.07) is 10.2. The van der Waals surface area contributed by atoms with Crippen LogP contribution in [0, 0.1) is 11.3 Å². The van der Waals surface area contributed by atoms with Crippen molar-refractivity contribution in [2.45, 2.75) is 24.7 Å². The highest BCUT2D eigenvalue weighted by Gasteiger charge is 2.35. The molecule has 72 valence electrons. The Hall–Kier alpha value is -1.33. The van der Waals surface area contributed by atoms with Crippen LogP contribution < -0.4 is 0 Å². The fraction of sp³-hybridized carbons (Fsp3) is 0.417. The van der Waals surface area contributed by atoms with E-state index in [1.165, 1.54) is 5.56 Å². The average Bonchev–Trinajstić information content (AvgIpc) is 2.28. The monoisotopic (exact) mass is 187 g/mol. The van der Waals surface area contributed by atoms with Crippen LogP contribution >= 0.6 is 0 Å². The highest BCUT2D eigenvalue weighted by Crippen LogP contribution is 2.36. The first-order chi connectivity index (χ1) is 6.82. The van der Waals surface area contributed by atoms with Crippen molar-refractivity contribution < 1.29 is 5.11 Å². The number of aryl methyl sites for hydroxylation is 1. The minimum atomic E-state index is -0.644. The van der Waals surface area contributed by atoms with E-state index in [0.717, 1.165) is 24.8 Å². The Labute approximate surface area is 83.8 Å². The van der Waals surface area contributed by atoms with Crippen molar-refractivity contribution in [2.24, 2.45) is 0 Å². The third-order valence-corrected chi connectivity index (χ3v) is 3.07. The fourth-order valence-corrected chi connectivity index (χ4v) is 2.24. The highest BCUT2D eigenvalue weighted by molar-refractivity contribution is 5.41. The maximum absolute atomic E-state index is 9.37. The van der Waals surface area contributed by atoms with Gasteiger partial charge in [0.2, 0.25) is 0 Å². The molecule has 1 aromatic rings. The first kappa shape index (κ1) is 9.23. The van der Waals surface area contributed by atoms with Gasteiger partial charge in [0.15, 0.2) is 0 Å². The van der Waals surface area contributed by atoms with Gasteiger partial charge in [0.25, 0.3) is 0 Å². The molecule has 0 saturated heterocycles. The van der Waals surface area contributed by atoms with E-state index in [2.05, 4.69) is 12.1 Å². The summed E-state index contributed by atoms with van der Waals surface area (Å²) < 4.78 is 0. The summed E-state index contributed by atoms with van der Waals surface area (Å²) in [6.45, 7) is -0.0689. The van der Waals surface area contributed by atoms with Crippen molar-refractivity contribution in [3.05, 3.63) is 35.4 Å². The molecule has 2 heteroatoms. The van der Waals surface area contributed by atoms with Gasteiger partial charge in [-0.25, -0.2) is 0 Å². The van der Waals surface area contributed by atoms with Crippen molar-refractivity contribution in [1.82, 2.24) is 0 Å². The number of hydrogen-bond donors (Lipinski definition) is 1. The summed E-state index contributed by atoms with van der Waals surface area (Å²) in [5.74, 6) is 0. The van der Waals surface area contributed by atoms with E-state index < -0.39 is 5.41 Å². The third kappa shape index (κ3) is 1.21. The predicted octanol–water partition coefficient (Wildman–Crippen LogP) is 1.78. The Morgan fingerprint density at radius 1 is 1.43 bits per heavy atom. The van der Waals surface area contributed by atoms with Gasteiger partial charge < -0.3 is 5.11 Å². The van der Waals surface area contributed by atoms with E-state index >= 15 is 0 Å². The molecule has 1 aliphatic carbocycles. The van der Waals surface area contributed by atoms with Gasteiger partial charge in [-0.3, -0.25) is 0 Å². The quantitative estimate of drug-likeness (QED) is 0.728. The lowest BCUT2D eigenvalue weighted by Crippen LogP contribution is -2.33. The van der Waals surface area contributed by atoms with E-state index in [-0.39, 0.29) is 6.61 Å². The lowest BCUT2D eigenvalue weighted by atomic mass is 9.71. The van der Waals surface area contributed by atoms with E-state index in [1.54, 1.807) is 0 Å². The number of nitriles is 1. The Bertz CT molecular complexity index is 380. The molecule has 1 aliphatic rings. The third-order valence-electron chi connectivity index (χ3n) is 3.07. The molecule has 0 amide bonds. The standard InChI is InChI=1S/C12H13NO/c13-8-12(9-14)7-3-5-10-4-1-2-6-11(10)12/h1-2,4,6,14H,3,5,7,9H2/t12-/m0/s1. The van der Waals surface area contributed by atoms with Crippen molar-refractivity contribution in [3.63, 3.8) is 0 Å². The minimum Gasteiger partial charge on any atom is -0.394 e. The molecule has 2 rings (SSSR count). The molecule has 0 aromatic heterocycles. The molecule has 0 aliphatic heterocycles. The van der Waals surface area contributed by atoms with Crippen LogP contribution in [-0.4, -0.2) is 11.7 Å². The number of rotatable bonds is 1. The summed E-state index contributed by atoms with van der Waals surface area (Å²) in [4.78, 5) is 0. The summed E-state index contributed by atoms with van der Waals surface area (Å²) in [7, 11) is 0. The van der Waals surface area contributed by atoms with Crippen molar-refractivity contribution in [1.29, 1.82) is 5.26 Å².